The van der Waals surface area contributed by atoms with Gasteiger partial charge in [0.15, 0.2) is 0 Å². The van der Waals surface area contributed by atoms with Crippen LogP contribution in [0.25, 0.3) is 6.08 Å². The number of hydrogen-bond acceptors (Lipinski definition) is 3. The lowest BCUT2D eigenvalue weighted by atomic mass is 10.1. The monoisotopic (exact) mass is 350 g/mol. The van der Waals surface area contributed by atoms with E-state index in [-0.39, 0.29) is 0 Å². The van der Waals surface area contributed by atoms with Gasteiger partial charge in [-0.25, -0.2) is 0 Å². The van der Waals surface area contributed by atoms with Crippen molar-refractivity contribution in [1.29, 1.82) is 0 Å². The highest BCUT2D eigenvalue weighted by molar-refractivity contribution is 7.86. The number of halogens is 3. The zero-order valence-electron chi connectivity index (χ0n) is 12.5. The first-order valence-electron chi connectivity index (χ1n) is 6.42. The van der Waals surface area contributed by atoms with Crippen molar-refractivity contribution in [2.75, 3.05) is 13.6 Å². The minimum absolute atomic E-state index is 0.989. The summed E-state index contributed by atoms with van der Waals surface area (Å²) >= 11 is 0. The molecular weight excluding hydrogens is 333 g/mol. The van der Waals surface area contributed by atoms with Gasteiger partial charge >= 0.3 is 15.6 Å². The van der Waals surface area contributed by atoms with Crippen LogP contribution in [0.5, 0.6) is 0 Å². The molecule has 0 aromatic carbocycles. The first-order valence-corrected chi connectivity index (χ1v) is 7.86. The molecule has 2 rings (SSSR count). The number of hydrogen-bond donors (Lipinski definition) is 1. The van der Waals surface area contributed by atoms with Gasteiger partial charge in [-0.1, -0.05) is 12.2 Å². The van der Waals surface area contributed by atoms with E-state index in [4.69, 9.17) is 13.0 Å². The highest BCUT2D eigenvalue weighted by Crippen LogP contribution is 2.20. The van der Waals surface area contributed by atoms with Crippen LogP contribution in [0.1, 0.15) is 5.69 Å². The SMILES string of the molecule is CN1C=CC(C=Cc2cccn2C)=CC1.O=S(=O)(O)C(F)(F)F. The molecule has 5 nitrogen and oxygen atoms in total. The van der Waals surface area contributed by atoms with E-state index in [1.54, 1.807) is 0 Å². The molecule has 2 heterocycles. The fourth-order valence-electron chi connectivity index (χ4n) is 1.54. The summed E-state index contributed by atoms with van der Waals surface area (Å²) in [5, 5.41) is 0. The van der Waals surface area contributed by atoms with Gasteiger partial charge in [-0.2, -0.15) is 21.6 Å². The molecule has 23 heavy (non-hydrogen) atoms. The van der Waals surface area contributed by atoms with Crippen molar-refractivity contribution < 1.29 is 26.1 Å². The fourth-order valence-corrected chi connectivity index (χ4v) is 1.54. The van der Waals surface area contributed by atoms with E-state index in [0.717, 1.165) is 6.54 Å². The van der Waals surface area contributed by atoms with Crippen LogP contribution in [0.4, 0.5) is 13.2 Å². The van der Waals surface area contributed by atoms with E-state index >= 15 is 0 Å². The van der Waals surface area contributed by atoms with Crippen molar-refractivity contribution in [1.82, 2.24) is 9.47 Å². The van der Waals surface area contributed by atoms with Crippen LogP contribution in [0.3, 0.4) is 0 Å². The van der Waals surface area contributed by atoms with Crippen LogP contribution in [-0.4, -0.2) is 41.5 Å². The predicted molar refractivity (Wildman–Crippen MR) is 81.9 cm³/mol. The highest BCUT2D eigenvalue weighted by atomic mass is 32.2. The number of nitrogens with zero attached hydrogens (tertiary/aromatic N) is 2. The molecule has 0 atom stereocenters. The maximum Gasteiger partial charge on any atom is 0.522 e. The van der Waals surface area contributed by atoms with Gasteiger partial charge in [0.05, 0.1) is 0 Å². The second-order valence-electron chi connectivity index (χ2n) is 4.76. The summed E-state index contributed by atoms with van der Waals surface area (Å²) in [5.41, 5.74) is -3.04. The molecular formula is C14H17F3N2O3S. The summed E-state index contributed by atoms with van der Waals surface area (Å²) in [5.74, 6) is 0. The van der Waals surface area contributed by atoms with E-state index in [1.807, 2.05) is 0 Å². The van der Waals surface area contributed by atoms with Gasteiger partial charge in [-0.3, -0.25) is 4.55 Å². The Balaban J connectivity index is 0.000000284. The third-order valence-electron chi connectivity index (χ3n) is 2.86. The number of aryl methyl sites for hydroxylation is 1. The molecule has 0 spiro atoms. The van der Waals surface area contributed by atoms with Crippen molar-refractivity contribution in [3.05, 3.63) is 54.0 Å². The second kappa shape index (κ2) is 7.51. The molecule has 1 aliphatic heterocycles. The molecule has 9 heteroatoms. The van der Waals surface area contributed by atoms with Crippen LogP contribution in [0.2, 0.25) is 0 Å². The normalized spacial score (nSPS) is 15.4. The van der Waals surface area contributed by atoms with E-state index < -0.39 is 15.6 Å². The van der Waals surface area contributed by atoms with Crippen molar-refractivity contribution in [3.8, 4) is 0 Å². The van der Waals surface area contributed by atoms with Gasteiger partial charge in [0.1, 0.15) is 0 Å². The summed E-state index contributed by atoms with van der Waals surface area (Å²) in [4.78, 5) is 2.15. The molecule has 0 fully saturated rings. The zero-order chi connectivity index (χ0) is 17.7. The van der Waals surface area contributed by atoms with Crippen LogP contribution in [0.15, 0.2) is 48.3 Å². The maximum absolute atomic E-state index is 10.7. The molecule has 0 aliphatic carbocycles. The van der Waals surface area contributed by atoms with Gasteiger partial charge in [-0.05, 0) is 36.1 Å². The number of alkyl halides is 3. The third-order valence-corrected chi connectivity index (χ3v) is 3.44. The average Bonchev–Trinajstić information content (AvgIpc) is 2.82. The second-order valence-corrected chi connectivity index (χ2v) is 6.17. The third kappa shape index (κ3) is 6.33. The van der Waals surface area contributed by atoms with Crippen molar-refractivity contribution in [2.24, 2.45) is 7.05 Å². The molecule has 0 bridgehead atoms. The van der Waals surface area contributed by atoms with Crippen LogP contribution in [-0.2, 0) is 17.2 Å². The van der Waals surface area contributed by atoms with Crippen molar-refractivity contribution >= 4 is 16.2 Å². The molecule has 0 amide bonds. The molecule has 0 unspecified atom stereocenters. The number of aromatic nitrogens is 1. The molecule has 1 aliphatic rings. The minimum Gasteiger partial charge on any atom is -0.377 e. The minimum atomic E-state index is -5.84. The smallest absolute Gasteiger partial charge is 0.377 e. The Kier molecular flexibility index (Phi) is 6.22. The number of rotatable bonds is 2. The lowest BCUT2D eigenvalue weighted by molar-refractivity contribution is -0.0510. The van der Waals surface area contributed by atoms with Gasteiger partial charge in [0.2, 0.25) is 0 Å². The summed E-state index contributed by atoms with van der Waals surface area (Å²) in [6.45, 7) is 0.989. The lowest BCUT2D eigenvalue weighted by Crippen LogP contribution is -2.21. The molecule has 1 aromatic rings. The molecule has 1 aromatic heterocycles. The molecule has 0 radical (unpaired) electrons. The average molecular weight is 350 g/mol. The summed E-state index contributed by atoms with van der Waals surface area (Å²) in [7, 11) is -1.71. The van der Waals surface area contributed by atoms with Crippen LogP contribution in [0, 0.1) is 0 Å². The van der Waals surface area contributed by atoms with E-state index in [0.29, 0.717) is 0 Å². The van der Waals surface area contributed by atoms with Crippen molar-refractivity contribution in [3.63, 3.8) is 0 Å². The molecule has 1 N–H and O–H groups in total. The maximum atomic E-state index is 10.7. The summed E-state index contributed by atoms with van der Waals surface area (Å²) in [6.07, 6.45) is 12.8. The standard InChI is InChI=1S/C13H16N2.CHF3O3S/c1-14-10-7-12(8-11-14)5-6-13-4-3-9-15(13)2;2-1(3,4)8(5,6)7/h3-10H,11H2,1-2H3;(H,5,6,7). The summed E-state index contributed by atoms with van der Waals surface area (Å²) in [6, 6.07) is 4.16. The Morgan fingerprint density at radius 2 is 1.87 bits per heavy atom. The van der Waals surface area contributed by atoms with Crippen molar-refractivity contribution in [2.45, 2.75) is 5.51 Å². The Hall–Kier alpha value is -2.00. The van der Waals surface area contributed by atoms with Gasteiger partial charge < -0.3 is 9.47 Å². The van der Waals surface area contributed by atoms with Gasteiger partial charge in [-0.15, -0.1) is 0 Å². The van der Waals surface area contributed by atoms with E-state index in [1.165, 1.54) is 11.3 Å². The number of likely N-dealkylation sites (N-methyl/N-ethyl adjacent to an activating group) is 1. The Morgan fingerprint density at radius 1 is 1.26 bits per heavy atom. The molecule has 0 saturated heterocycles. The topological polar surface area (TPSA) is 62.5 Å². The van der Waals surface area contributed by atoms with Crippen LogP contribution >= 0.6 is 0 Å². The Bertz CT molecular complexity index is 716. The van der Waals surface area contributed by atoms with Gasteiger partial charge in [0.25, 0.3) is 0 Å². The highest BCUT2D eigenvalue weighted by Gasteiger charge is 2.44. The Morgan fingerprint density at radius 3 is 2.26 bits per heavy atom. The number of allylic oxidation sites excluding steroid dienone is 3. The molecule has 0 saturated carbocycles. The Labute approximate surface area is 132 Å². The largest absolute Gasteiger partial charge is 0.522 e. The van der Waals surface area contributed by atoms with E-state index in [9.17, 15) is 13.2 Å². The predicted octanol–water partition coefficient (Wildman–Crippen LogP) is 2.82. The first-order chi connectivity index (χ1) is 10.5. The quantitative estimate of drug-likeness (QED) is 0.658. The fraction of sp³-hybridized carbons (Fsp3) is 0.286. The zero-order valence-corrected chi connectivity index (χ0v) is 13.3. The molecule has 128 valence electrons. The van der Waals surface area contributed by atoms with Gasteiger partial charge in [0, 0.05) is 32.5 Å². The first kappa shape index (κ1) is 19.0. The van der Waals surface area contributed by atoms with E-state index in [2.05, 4.69) is 72.4 Å². The lowest BCUT2D eigenvalue weighted by Gasteiger charge is -2.15. The summed E-state index contributed by atoms with van der Waals surface area (Å²) < 4.78 is 59.6. The van der Waals surface area contributed by atoms with Crippen LogP contribution < -0.4 is 0 Å².